The zero-order valence-electron chi connectivity index (χ0n) is 13.8. The minimum Gasteiger partial charge on any atom is -0.465 e. The molecule has 3 rings (SSSR count). The molecule has 0 bridgehead atoms. The van der Waals surface area contributed by atoms with Crippen LogP contribution < -0.4 is 0 Å². The van der Waals surface area contributed by atoms with E-state index in [9.17, 15) is 4.79 Å². The number of carbonyl (C=O) groups excluding carboxylic acids is 1. The third-order valence-corrected chi connectivity index (χ3v) is 5.60. The predicted octanol–water partition coefficient (Wildman–Crippen LogP) is 5.57. The Labute approximate surface area is 134 Å². The molecule has 1 aromatic carbocycles. The summed E-state index contributed by atoms with van der Waals surface area (Å²) in [7, 11) is 1.49. The van der Waals surface area contributed by atoms with Gasteiger partial charge in [-0.25, -0.2) is 4.79 Å². The summed E-state index contributed by atoms with van der Waals surface area (Å²) in [5.41, 5.74) is 3.51. The quantitative estimate of drug-likeness (QED) is 0.682. The molecule has 0 aromatic heterocycles. The van der Waals surface area contributed by atoms with E-state index < -0.39 is 0 Å². The van der Waals surface area contributed by atoms with Crippen LogP contribution in [0, 0.1) is 0 Å². The molecule has 2 heteroatoms. The van der Waals surface area contributed by atoms with Gasteiger partial charge in [0.05, 0.1) is 12.7 Å². The summed E-state index contributed by atoms with van der Waals surface area (Å²) in [6.45, 7) is 0. The highest BCUT2D eigenvalue weighted by atomic mass is 16.5. The van der Waals surface area contributed by atoms with E-state index in [1.807, 2.05) is 6.07 Å². The summed E-state index contributed by atoms with van der Waals surface area (Å²) < 4.78 is 5.01. The minimum atomic E-state index is -0.171. The molecule has 0 atom stereocenters. The van der Waals surface area contributed by atoms with E-state index in [1.54, 1.807) is 0 Å². The second kappa shape index (κ2) is 7.30. The fourth-order valence-electron chi connectivity index (χ4n) is 4.32. The smallest absolute Gasteiger partial charge is 0.338 e. The van der Waals surface area contributed by atoms with Gasteiger partial charge in [0.2, 0.25) is 0 Å². The summed E-state index contributed by atoms with van der Waals surface area (Å²) in [6, 6.07) is 6.55. The summed E-state index contributed by atoms with van der Waals surface area (Å²) in [5.74, 6) is 1.07. The summed E-state index contributed by atoms with van der Waals surface area (Å²) in [5, 5.41) is 0. The van der Waals surface area contributed by atoms with Crippen molar-refractivity contribution in [3.05, 3.63) is 34.9 Å². The van der Waals surface area contributed by atoms with Crippen molar-refractivity contribution in [2.45, 2.75) is 76.0 Å². The first-order valence-corrected chi connectivity index (χ1v) is 9.01. The summed E-state index contributed by atoms with van der Waals surface area (Å²) in [6.07, 6.45) is 13.1. The van der Waals surface area contributed by atoms with Gasteiger partial charge < -0.3 is 4.74 Å². The number of carbonyl (C=O) groups is 1. The molecule has 0 radical (unpaired) electrons. The van der Waals surface area contributed by atoms with Crippen LogP contribution in [-0.4, -0.2) is 13.1 Å². The number of hydrogen-bond donors (Lipinski definition) is 0. The Hall–Kier alpha value is -1.31. The van der Waals surface area contributed by atoms with Gasteiger partial charge in [0.25, 0.3) is 0 Å². The van der Waals surface area contributed by atoms with Crippen LogP contribution in [0.25, 0.3) is 0 Å². The van der Waals surface area contributed by atoms with Crippen molar-refractivity contribution >= 4 is 5.97 Å². The van der Waals surface area contributed by atoms with Gasteiger partial charge in [-0.15, -0.1) is 0 Å². The van der Waals surface area contributed by atoms with Crippen molar-refractivity contribution in [1.29, 1.82) is 0 Å². The molecule has 2 aliphatic carbocycles. The number of hydrogen-bond acceptors (Lipinski definition) is 2. The maximum Gasteiger partial charge on any atom is 0.338 e. The van der Waals surface area contributed by atoms with Crippen molar-refractivity contribution < 1.29 is 9.53 Å². The van der Waals surface area contributed by atoms with Gasteiger partial charge >= 0.3 is 5.97 Å². The fourth-order valence-corrected chi connectivity index (χ4v) is 4.32. The molecule has 120 valence electrons. The number of rotatable bonds is 3. The lowest BCUT2D eigenvalue weighted by Crippen LogP contribution is -2.14. The Bertz CT molecular complexity index is 508. The molecular formula is C20H28O2. The van der Waals surface area contributed by atoms with Crippen molar-refractivity contribution in [3.63, 3.8) is 0 Å². The zero-order chi connectivity index (χ0) is 15.4. The Balaban J connectivity index is 1.92. The van der Waals surface area contributed by atoms with E-state index in [1.165, 1.54) is 82.4 Å². The lowest BCUT2D eigenvalue weighted by Gasteiger charge is -2.27. The molecule has 0 amide bonds. The summed E-state index contributed by atoms with van der Waals surface area (Å²) >= 11 is 0. The van der Waals surface area contributed by atoms with Crippen LogP contribution in [-0.2, 0) is 4.74 Å². The van der Waals surface area contributed by atoms with Crippen LogP contribution in [0.1, 0.15) is 97.5 Å². The molecule has 1 aromatic rings. The maximum atomic E-state index is 12.1. The normalized spacial score (nSPS) is 20.8. The fraction of sp³-hybridized carbons (Fsp3) is 0.650. The minimum absolute atomic E-state index is 0.171. The van der Waals surface area contributed by atoms with Gasteiger partial charge in [-0.3, -0.25) is 0 Å². The van der Waals surface area contributed by atoms with Crippen LogP contribution in [0.3, 0.4) is 0 Å². The third kappa shape index (κ3) is 3.37. The molecule has 2 saturated carbocycles. The average molecular weight is 300 g/mol. The van der Waals surface area contributed by atoms with E-state index in [4.69, 9.17) is 4.74 Å². The molecule has 0 spiro atoms. The Morgan fingerprint density at radius 1 is 0.909 bits per heavy atom. The van der Waals surface area contributed by atoms with Gasteiger partial charge in [-0.1, -0.05) is 50.7 Å². The third-order valence-electron chi connectivity index (χ3n) is 5.60. The lowest BCUT2D eigenvalue weighted by atomic mass is 9.78. The topological polar surface area (TPSA) is 26.3 Å². The highest BCUT2D eigenvalue weighted by Gasteiger charge is 2.24. The van der Waals surface area contributed by atoms with Crippen LogP contribution in [0.5, 0.6) is 0 Å². The van der Waals surface area contributed by atoms with E-state index >= 15 is 0 Å². The Morgan fingerprint density at radius 3 is 2.09 bits per heavy atom. The van der Waals surface area contributed by atoms with Crippen LogP contribution in [0.15, 0.2) is 18.2 Å². The maximum absolute atomic E-state index is 12.1. The molecular weight excluding hydrogens is 272 g/mol. The molecule has 0 heterocycles. The molecule has 2 aliphatic rings. The predicted molar refractivity (Wildman–Crippen MR) is 89.4 cm³/mol. The number of ether oxygens (including phenoxy) is 1. The molecule has 2 fully saturated rings. The second-order valence-corrected chi connectivity index (χ2v) is 7.01. The Kier molecular flexibility index (Phi) is 5.17. The standard InChI is InChI=1S/C20H28O2/c1-22-20(21)18-13-12-17(15-8-4-2-5-9-15)14-19(18)16-10-6-3-7-11-16/h12-16H,2-11H2,1H3. The van der Waals surface area contributed by atoms with E-state index in [-0.39, 0.29) is 5.97 Å². The molecule has 0 N–H and O–H groups in total. The van der Waals surface area contributed by atoms with E-state index in [0.717, 1.165) is 5.56 Å². The van der Waals surface area contributed by atoms with Gasteiger partial charge in [0.15, 0.2) is 0 Å². The van der Waals surface area contributed by atoms with Crippen LogP contribution in [0.2, 0.25) is 0 Å². The first kappa shape index (κ1) is 15.6. The first-order chi connectivity index (χ1) is 10.8. The van der Waals surface area contributed by atoms with Crippen molar-refractivity contribution in [2.75, 3.05) is 7.11 Å². The number of benzene rings is 1. The summed E-state index contributed by atoms with van der Waals surface area (Å²) in [4.78, 5) is 12.1. The van der Waals surface area contributed by atoms with Gasteiger partial charge in [-0.2, -0.15) is 0 Å². The van der Waals surface area contributed by atoms with Crippen molar-refractivity contribution in [1.82, 2.24) is 0 Å². The van der Waals surface area contributed by atoms with Crippen LogP contribution in [0.4, 0.5) is 0 Å². The molecule has 2 nitrogen and oxygen atoms in total. The Morgan fingerprint density at radius 2 is 1.50 bits per heavy atom. The number of esters is 1. The molecule has 0 aliphatic heterocycles. The highest BCUT2D eigenvalue weighted by Crippen LogP contribution is 2.38. The van der Waals surface area contributed by atoms with Crippen LogP contribution >= 0.6 is 0 Å². The molecule has 0 saturated heterocycles. The van der Waals surface area contributed by atoms with Crippen molar-refractivity contribution in [3.8, 4) is 0 Å². The monoisotopic (exact) mass is 300 g/mol. The van der Waals surface area contributed by atoms with E-state index in [2.05, 4.69) is 12.1 Å². The first-order valence-electron chi connectivity index (χ1n) is 9.01. The zero-order valence-corrected chi connectivity index (χ0v) is 13.8. The van der Waals surface area contributed by atoms with Gasteiger partial charge in [-0.05, 0) is 54.7 Å². The number of methoxy groups -OCH3 is 1. The largest absolute Gasteiger partial charge is 0.465 e. The second-order valence-electron chi connectivity index (χ2n) is 7.01. The van der Waals surface area contributed by atoms with Gasteiger partial charge in [0, 0.05) is 0 Å². The molecule has 0 unspecified atom stereocenters. The van der Waals surface area contributed by atoms with E-state index in [0.29, 0.717) is 11.8 Å². The highest BCUT2D eigenvalue weighted by molar-refractivity contribution is 5.91. The SMILES string of the molecule is COC(=O)c1ccc(C2CCCCC2)cc1C1CCCCC1. The average Bonchev–Trinajstić information content (AvgIpc) is 2.62. The lowest BCUT2D eigenvalue weighted by molar-refractivity contribution is 0.0598. The van der Waals surface area contributed by atoms with Gasteiger partial charge in [0.1, 0.15) is 0 Å². The molecule has 22 heavy (non-hydrogen) atoms. The van der Waals surface area contributed by atoms with Crippen molar-refractivity contribution in [2.24, 2.45) is 0 Å².